The maximum absolute atomic E-state index is 9.35. The molecule has 0 amide bonds. The molecule has 1 unspecified atom stereocenters. The highest BCUT2D eigenvalue weighted by molar-refractivity contribution is 5.31. The van der Waals surface area contributed by atoms with Crippen molar-refractivity contribution in [3.8, 4) is 6.07 Å². The molecule has 1 heterocycles. The van der Waals surface area contributed by atoms with Crippen LogP contribution in [0.5, 0.6) is 0 Å². The average molecular weight is 231 g/mol. The SMILES string of the molecule is N#CC1=C(O)COC1COCc1ccccc1. The lowest BCUT2D eigenvalue weighted by molar-refractivity contribution is 0.0165. The van der Waals surface area contributed by atoms with E-state index in [1.807, 2.05) is 36.4 Å². The predicted octanol–water partition coefficient (Wildman–Crippen LogP) is 1.94. The first-order valence-electron chi connectivity index (χ1n) is 5.36. The lowest BCUT2D eigenvalue weighted by Gasteiger charge is -2.10. The molecule has 1 N–H and O–H groups in total. The van der Waals surface area contributed by atoms with Crippen LogP contribution in [0.25, 0.3) is 0 Å². The van der Waals surface area contributed by atoms with Gasteiger partial charge in [0.1, 0.15) is 30.1 Å². The normalized spacial score (nSPS) is 19.4. The molecule has 4 heteroatoms. The summed E-state index contributed by atoms with van der Waals surface area (Å²) in [5, 5.41) is 18.2. The zero-order valence-electron chi connectivity index (χ0n) is 9.30. The minimum Gasteiger partial charge on any atom is -0.509 e. The fourth-order valence-corrected chi connectivity index (χ4v) is 1.65. The van der Waals surface area contributed by atoms with E-state index in [0.29, 0.717) is 6.61 Å². The van der Waals surface area contributed by atoms with Gasteiger partial charge in [-0.3, -0.25) is 0 Å². The fraction of sp³-hybridized carbons (Fsp3) is 0.308. The van der Waals surface area contributed by atoms with Gasteiger partial charge in [0, 0.05) is 0 Å². The van der Waals surface area contributed by atoms with E-state index < -0.39 is 6.10 Å². The van der Waals surface area contributed by atoms with Crippen LogP contribution < -0.4 is 0 Å². The molecule has 0 spiro atoms. The molecule has 17 heavy (non-hydrogen) atoms. The molecule has 0 saturated heterocycles. The van der Waals surface area contributed by atoms with Gasteiger partial charge in [-0.2, -0.15) is 5.26 Å². The maximum atomic E-state index is 9.35. The van der Waals surface area contributed by atoms with Crippen LogP contribution >= 0.6 is 0 Å². The van der Waals surface area contributed by atoms with Crippen molar-refractivity contribution >= 4 is 0 Å². The first-order chi connectivity index (χ1) is 8.31. The largest absolute Gasteiger partial charge is 0.509 e. The number of hydrogen-bond donors (Lipinski definition) is 1. The van der Waals surface area contributed by atoms with E-state index in [2.05, 4.69) is 0 Å². The predicted molar refractivity (Wildman–Crippen MR) is 61.1 cm³/mol. The van der Waals surface area contributed by atoms with Crippen LogP contribution in [-0.2, 0) is 16.1 Å². The van der Waals surface area contributed by atoms with Gasteiger partial charge in [-0.1, -0.05) is 30.3 Å². The standard InChI is InChI=1S/C13H13NO3/c14-6-11-12(15)8-17-13(11)9-16-7-10-4-2-1-3-5-10/h1-5,13,15H,7-9H2. The summed E-state index contributed by atoms with van der Waals surface area (Å²) < 4.78 is 10.7. The monoisotopic (exact) mass is 231 g/mol. The summed E-state index contributed by atoms with van der Waals surface area (Å²) in [7, 11) is 0. The summed E-state index contributed by atoms with van der Waals surface area (Å²) in [5.74, 6) is 0.0146. The third-order valence-electron chi connectivity index (χ3n) is 2.56. The highest BCUT2D eigenvalue weighted by Gasteiger charge is 2.26. The second kappa shape index (κ2) is 5.48. The van der Waals surface area contributed by atoms with Gasteiger partial charge in [0.15, 0.2) is 0 Å². The molecule has 1 aromatic carbocycles. The van der Waals surface area contributed by atoms with Crippen molar-refractivity contribution in [2.75, 3.05) is 13.2 Å². The van der Waals surface area contributed by atoms with Crippen LogP contribution in [0.3, 0.4) is 0 Å². The van der Waals surface area contributed by atoms with Crippen LogP contribution in [0.2, 0.25) is 0 Å². The Morgan fingerprint density at radius 2 is 2.18 bits per heavy atom. The van der Waals surface area contributed by atoms with Gasteiger partial charge in [-0.25, -0.2) is 0 Å². The summed E-state index contributed by atoms with van der Waals surface area (Å²) in [6, 6.07) is 11.7. The third kappa shape index (κ3) is 2.84. The van der Waals surface area contributed by atoms with Crippen LogP contribution in [0.4, 0.5) is 0 Å². The van der Waals surface area contributed by atoms with Crippen LogP contribution in [0, 0.1) is 11.3 Å². The zero-order chi connectivity index (χ0) is 12.1. The van der Waals surface area contributed by atoms with Gasteiger partial charge in [0.25, 0.3) is 0 Å². The summed E-state index contributed by atoms with van der Waals surface area (Å²) in [4.78, 5) is 0. The van der Waals surface area contributed by atoms with Crippen molar-refractivity contribution < 1.29 is 14.6 Å². The molecule has 0 aliphatic carbocycles. The number of ether oxygens (including phenoxy) is 2. The number of nitriles is 1. The van der Waals surface area contributed by atoms with Crippen molar-refractivity contribution in [1.82, 2.24) is 0 Å². The molecule has 2 rings (SSSR count). The van der Waals surface area contributed by atoms with E-state index in [1.165, 1.54) is 0 Å². The van der Waals surface area contributed by atoms with Crippen molar-refractivity contribution in [2.24, 2.45) is 0 Å². The van der Waals surface area contributed by atoms with Crippen molar-refractivity contribution in [3.05, 3.63) is 47.2 Å². The molecule has 1 atom stereocenters. The Hall–Kier alpha value is -1.83. The van der Waals surface area contributed by atoms with Gasteiger partial charge in [-0.05, 0) is 5.56 Å². The lowest BCUT2D eigenvalue weighted by atomic mass is 10.2. The zero-order valence-corrected chi connectivity index (χ0v) is 9.30. The molecule has 0 radical (unpaired) electrons. The third-order valence-corrected chi connectivity index (χ3v) is 2.56. The molecule has 0 bridgehead atoms. The minimum absolute atomic E-state index is 0.0146. The summed E-state index contributed by atoms with van der Waals surface area (Å²) in [5.41, 5.74) is 1.34. The smallest absolute Gasteiger partial charge is 0.134 e. The van der Waals surface area contributed by atoms with Gasteiger partial charge in [-0.15, -0.1) is 0 Å². The van der Waals surface area contributed by atoms with Gasteiger partial charge in [0.05, 0.1) is 13.2 Å². The summed E-state index contributed by atoms with van der Waals surface area (Å²) in [6.07, 6.45) is -0.441. The summed E-state index contributed by atoms with van der Waals surface area (Å²) >= 11 is 0. The first kappa shape index (κ1) is 11.6. The molecule has 1 aromatic rings. The first-order valence-corrected chi connectivity index (χ1v) is 5.36. The molecule has 1 aliphatic rings. The van der Waals surface area contributed by atoms with E-state index in [0.717, 1.165) is 5.56 Å². The molecule has 4 nitrogen and oxygen atoms in total. The number of rotatable bonds is 4. The van der Waals surface area contributed by atoms with E-state index in [9.17, 15) is 5.11 Å². The molecule has 0 fully saturated rings. The van der Waals surface area contributed by atoms with Crippen LogP contribution in [-0.4, -0.2) is 24.4 Å². The highest BCUT2D eigenvalue weighted by atomic mass is 16.5. The van der Waals surface area contributed by atoms with Gasteiger partial charge < -0.3 is 14.6 Å². The average Bonchev–Trinajstić information content (AvgIpc) is 2.71. The molecule has 0 saturated carbocycles. The summed E-state index contributed by atoms with van der Waals surface area (Å²) in [6.45, 7) is 0.851. The van der Waals surface area contributed by atoms with Crippen molar-refractivity contribution in [2.45, 2.75) is 12.7 Å². The number of aliphatic hydroxyl groups is 1. The quantitative estimate of drug-likeness (QED) is 0.860. The van der Waals surface area contributed by atoms with Crippen LogP contribution in [0.15, 0.2) is 41.7 Å². The van der Waals surface area contributed by atoms with Crippen LogP contribution in [0.1, 0.15) is 5.56 Å². The Labute approximate surface area is 99.7 Å². The van der Waals surface area contributed by atoms with Gasteiger partial charge >= 0.3 is 0 Å². The number of aliphatic hydroxyl groups excluding tert-OH is 1. The Bertz CT molecular complexity index is 447. The van der Waals surface area contributed by atoms with E-state index in [1.54, 1.807) is 0 Å². The topological polar surface area (TPSA) is 62.5 Å². The number of hydrogen-bond acceptors (Lipinski definition) is 4. The highest BCUT2D eigenvalue weighted by Crippen LogP contribution is 2.19. The Morgan fingerprint density at radius 3 is 2.88 bits per heavy atom. The Morgan fingerprint density at radius 1 is 1.41 bits per heavy atom. The molecular weight excluding hydrogens is 218 g/mol. The molecule has 1 aliphatic heterocycles. The van der Waals surface area contributed by atoms with Gasteiger partial charge in [0.2, 0.25) is 0 Å². The molecular formula is C13H13NO3. The van der Waals surface area contributed by atoms with Crippen molar-refractivity contribution in [3.63, 3.8) is 0 Å². The number of nitrogens with zero attached hydrogens (tertiary/aromatic N) is 1. The van der Waals surface area contributed by atoms with E-state index in [4.69, 9.17) is 14.7 Å². The Balaban J connectivity index is 1.83. The second-order valence-corrected chi connectivity index (χ2v) is 3.77. The molecule has 88 valence electrons. The van der Waals surface area contributed by atoms with Crippen molar-refractivity contribution in [1.29, 1.82) is 5.26 Å². The van der Waals surface area contributed by atoms with E-state index in [-0.39, 0.29) is 24.5 Å². The minimum atomic E-state index is -0.441. The fourth-order valence-electron chi connectivity index (χ4n) is 1.65. The molecule has 0 aromatic heterocycles. The Kier molecular flexibility index (Phi) is 3.76. The number of benzene rings is 1. The lowest BCUT2D eigenvalue weighted by Crippen LogP contribution is -2.17. The second-order valence-electron chi connectivity index (χ2n) is 3.77. The maximum Gasteiger partial charge on any atom is 0.134 e. The van der Waals surface area contributed by atoms with E-state index >= 15 is 0 Å².